The summed E-state index contributed by atoms with van der Waals surface area (Å²) in [7, 11) is 0. The Bertz CT molecular complexity index is 2150. The molecule has 0 aliphatic rings. The van der Waals surface area contributed by atoms with Crippen molar-refractivity contribution in [3.63, 3.8) is 0 Å². The summed E-state index contributed by atoms with van der Waals surface area (Å²) in [6.45, 7) is 21.4. The van der Waals surface area contributed by atoms with Crippen LogP contribution in [0.5, 0.6) is 0 Å². The number of hydrogen-bond donors (Lipinski definition) is 0. The van der Waals surface area contributed by atoms with Crippen molar-refractivity contribution in [1.82, 2.24) is 9.97 Å². The third-order valence-electron chi connectivity index (χ3n) is 9.98. The van der Waals surface area contributed by atoms with Gasteiger partial charge in [0.15, 0.2) is 5.78 Å². The summed E-state index contributed by atoms with van der Waals surface area (Å²) in [5.74, 6) is 2.41. The predicted octanol–water partition coefficient (Wildman–Crippen LogP) is 14.0. The van der Waals surface area contributed by atoms with Gasteiger partial charge in [-0.3, -0.25) is 9.78 Å². The zero-order valence-electron chi connectivity index (χ0n) is 32.6. The molecule has 6 rings (SSSR count). The van der Waals surface area contributed by atoms with Gasteiger partial charge >= 0.3 is 0 Å². The van der Waals surface area contributed by atoms with Gasteiger partial charge in [-0.15, -0.1) is 40.6 Å². The van der Waals surface area contributed by atoms with Crippen LogP contribution in [0.25, 0.3) is 58.4 Å². The summed E-state index contributed by atoms with van der Waals surface area (Å²) in [6.07, 6.45) is 5.76. The molecule has 0 aliphatic heterocycles. The Morgan fingerprint density at radius 1 is 0.750 bits per heavy atom. The van der Waals surface area contributed by atoms with Crippen LogP contribution in [0.2, 0.25) is 0 Å². The Morgan fingerprint density at radius 2 is 1.37 bits per heavy atom. The van der Waals surface area contributed by atoms with E-state index in [4.69, 9.17) is 9.97 Å². The molecule has 1 radical (unpaired) electrons. The number of carbonyl (C=O) groups excluding carboxylic acids is 1. The van der Waals surface area contributed by atoms with Crippen molar-refractivity contribution < 1.29 is 24.9 Å². The Hall–Kier alpha value is -3.44. The molecule has 0 atom stereocenters. The van der Waals surface area contributed by atoms with Crippen molar-refractivity contribution in [2.24, 2.45) is 11.8 Å². The van der Waals surface area contributed by atoms with E-state index in [1.54, 1.807) is 11.3 Å². The van der Waals surface area contributed by atoms with Crippen molar-refractivity contribution in [3.05, 3.63) is 101 Å². The average Bonchev–Trinajstić information content (AvgIpc) is 3.51. The fourth-order valence-electron chi connectivity index (χ4n) is 7.05. The maximum Gasteiger partial charge on any atom is 0.157 e. The van der Waals surface area contributed by atoms with Gasteiger partial charge in [0.2, 0.25) is 0 Å². The van der Waals surface area contributed by atoms with Gasteiger partial charge in [-0.05, 0) is 41.7 Å². The molecule has 0 spiro atoms. The van der Waals surface area contributed by atoms with Crippen molar-refractivity contribution in [1.29, 1.82) is 0 Å². The molecule has 0 saturated heterocycles. The summed E-state index contributed by atoms with van der Waals surface area (Å²) in [6, 6.07) is 27.8. The quantitative estimate of drug-likeness (QED) is 0.0908. The number of carbonyl (C=O) groups is 1. The van der Waals surface area contributed by atoms with Crippen molar-refractivity contribution >= 4 is 59.0 Å². The van der Waals surface area contributed by atoms with Crippen LogP contribution in [-0.2, 0) is 24.9 Å². The summed E-state index contributed by atoms with van der Waals surface area (Å²) in [5, 5.41) is 12.0. The summed E-state index contributed by atoms with van der Waals surface area (Å²) in [4.78, 5) is 23.5. The number of hydrogen-bond acceptors (Lipinski definition) is 4. The molecule has 52 heavy (non-hydrogen) atoms. The minimum atomic E-state index is 0. The van der Waals surface area contributed by atoms with Crippen LogP contribution < -0.4 is 0 Å². The Labute approximate surface area is 329 Å². The Kier molecular flexibility index (Phi) is 14.7. The molecule has 0 fully saturated rings. The monoisotopic (exact) mass is 890 g/mol. The summed E-state index contributed by atoms with van der Waals surface area (Å²) >= 11 is 1.77. The van der Waals surface area contributed by atoms with Crippen LogP contribution in [0.3, 0.4) is 0 Å². The number of fused-ring (bicyclic) bond motifs is 6. The van der Waals surface area contributed by atoms with Crippen LogP contribution in [0.4, 0.5) is 0 Å². The number of thiophene rings is 1. The molecule has 0 bridgehead atoms. The smallest absolute Gasteiger partial charge is 0.157 e. The molecule has 0 N–H and O–H groups in total. The SMILES string of the molecule is CC(C)c1nc(-c2[c-]cc(C(C)C)c3ccccc23)c2c(n1)sc1ccc3ccccc3c12.CCC(CC)C(=O)/C=C(\[N-]C(C)C)C(CC)CC.[Ir]. The number of allylic oxidation sites excluding steroid dienone is 2. The first-order valence-corrected chi connectivity index (χ1v) is 19.9. The van der Waals surface area contributed by atoms with Gasteiger partial charge in [0.05, 0.1) is 0 Å². The van der Waals surface area contributed by atoms with Gasteiger partial charge in [-0.25, -0.2) is 4.98 Å². The van der Waals surface area contributed by atoms with E-state index in [-0.39, 0.29) is 43.8 Å². The number of ketones is 1. The molecule has 0 aliphatic carbocycles. The molecule has 0 amide bonds. The van der Waals surface area contributed by atoms with E-state index in [9.17, 15) is 4.79 Å². The van der Waals surface area contributed by atoms with Crippen LogP contribution in [-0.4, -0.2) is 21.8 Å². The first-order valence-electron chi connectivity index (χ1n) is 19.0. The van der Waals surface area contributed by atoms with Gasteiger partial charge in [0.25, 0.3) is 0 Å². The zero-order chi connectivity index (χ0) is 36.8. The molecule has 2 aromatic heterocycles. The Morgan fingerprint density at radius 3 is 1.96 bits per heavy atom. The first-order chi connectivity index (χ1) is 24.5. The molecule has 0 unspecified atom stereocenters. The topological polar surface area (TPSA) is 57.0 Å². The minimum Gasteiger partial charge on any atom is -0.685 e. The van der Waals surface area contributed by atoms with E-state index in [2.05, 4.69) is 147 Å². The molecule has 4 nitrogen and oxygen atoms in total. The molecule has 6 heteroatoms. The fraction of sp³-hybridized carbons (Fsp3) is 0.413. The predicted molar refractivity (Wildman–Crippen MR) is 222 cm³/mol. The van der Waals surface area contributed by atoms with Crippen molar-refractivity contribution in [3.8, 4) is 11.3 Å². The van der Waals surface area contributed by atoms with Crippen molar-refractivity contribution in [2.45, 2.75) is 113 Å². The van der Waals surface area contributed by atoms with Crippen LogP contribution in [0, 0.1) is 17.9 Å². The maximum absolute atomic E-state index is 12.2. The van der Waals surface area contributed by atoms with E-state index in [1.807, 2.05) is 6.08 Å². The fourth-order valence-corrected chi connectivity index (χ4v) is 8.14. The van der Waals surface area contributed by atoms with Gasteiger partial charge in [0.1, 0.15) is 10.7 Å². The number of aromatic nitrogens is 2. The zero-order valence-corrected chi connectivity index (χ0v) is 35.8. The van der Waals surface area contributed by atoms with E-state index < -0.39 is 0 Å². The number of benzene rings is 4. The molecular formula is C46H55IrN3OS-2. The van der Waals surface area contributed by atoms with E-state index >= 15 is 0 Å². The largest absolute Gasteiger partial charge is 0.685 e. The second-order valence-corrected chi connectivity index (χ2v) is 15.6. The van der Waals surface area contributed by atoms with Crippen LogP contribution >= 0.6 is 11.3 Å². The Balaban J connectivity index is 0.000000275. The molecule has 277 valence electrons. The molecular weight excluding hydrogens is 835 g/mol. The van der Waals surface area contributed by atoms with Crippen LogP contribution in [0.1, 0.15) is 118 Å². The van der Waals surface area contributed by atoms with E-state index in [1.165, 1.54) is 37.2 Å². The normalized spacial score (nSPS) is 12.1. The van der Waals surface area contributed by atoms with E-state index in [0.29, 0.717) is 11.8 Å². The van der Waals surface area contributed by atoms with Crippen molar-refractivity contribution in [2.75, 3.05) is 0 Å². The second kappa shape index (κ2) is 18.5. The van der Waals surface area contributed by atoms with Gasteiger partial charge in [-0.1, -0.05) is 153 Å². The third kappa shape index (κ3) is 8.84. The maximum atomic E-state index is 12.2. The number of rotatable bonds is 12. The van der Waals surface area contributed by atoms with E-state index in [0.717, 1.165) is 58.7 Å². The molecule has 2 heterocycles. The van der Waals surface area contributed by atoms with Gasteiger partial charge in [0, 0.05) is 53.1 Å². The second-order valence-electron chi connectivity index (χ2n) is 14.6. The molecule has 6 aromatic rings. The third-order valence-corrected chi connectivity index (χ3v) is 11.0. The van der Waals surface area contributed by atoms with Gasteiger partial charge in [-0.2, -0.15) is 5.70 Å². The summed E-state index contributed by atoms with van der Waals surface area (Å²) in [5.41, 5.74) is 4.39. The molecule has 4 aromatic carbocycles. The number of nitrogens with zero attached hydrogens (tertiary/aromatic N) is 3. The molecule has 0 saturated carbocycles. The average molecular weight is 890 g/mol. The first kappa shape index (κ1) is 41.3. The standard InChI is InChI=1S/C30H25N2S.C16H31NO.Ir/c1-17(2)20-14-15-24(23-12-8-7-11-22(20)23)28-27-26-21-10-6-5-9-19(21)13-16-25(26)33-30(27)32-29(31-28)18(3)4;1-7-13(8-2)15(17-12(5)6)11-16(18)14(9-3)10-4;/h5-14,16-18H,1-4H3;11-14H,7-10H2,1-6H3,(H,17,18);/q-1;;/p-1. The summed E-state index contributed by atoms with van der Waals surface area (Å²) < 4.78 is 1.25. The minimum absolute atomic E-state index is 0. The van der Waals surface area contributed by atoms with Gasteiger partial charge < -0.3 is 5.32 Å². The van der Waals surface area contributed by atoms with Crippen LogP contribution in [0.15, 0.2) is 78.5 Å².